The zero-order chi connectivity index (χ0) is 15.5. The van der Waals surface area contributed by atoms with Crippen molar-refractivity contribution < 1.29 is 23.5 Å². The number of nitrogens with one attached hydrogen (secondary N) is 1. The number of hydrogen-bond acceptors (Lipinski definition) is 2. The van der Waals surface area contributed by atoms with Gasteiger partial charge in [-0.05, 0) is 32.9 Å². The molecule has 0 radical (unpaired) electrons. The summed E-state index contributed by atoms with van der Waals surface area (Å²) in [5.74, 6) is -2.85. The van der Waals surface area contributed by atoms with Gasteiger partial charge in [-0.1, -0.05) is 0 Å². The lowest BCUT2D eigenvalue weighted by atomic mass is 10.0. The molecule has 1 aromatic carbocycles. The summed E-state index contributed by atoms with van der Waals surface area (Å²) in [6, 6.07) is 1.82. The number of carbonyl (C=O) groups excluding carboxylic acids is 1. The highest BCUT2D eigenvalue weighted by Crippen LogP contribution is 2.18. The van der Waals surface area contributed by atoms with Crippen molar-refractivity contribution in [1.29, 1.82) is 0 Å². The third kappa shape index (κ3) is 3.43. The third-order valence-corrected chi connectivity index (χ3v) is 2.87. The number of hydrogen-bond donors (Lipinski definition) is 2. The van der Waals surface area contributed by atoms with Crippen LogP contribution in [-0.4, -0.2) is 34.1 Å². The molecule has 7 heteroatoms. The zero-order valence-corrected chi connectivity index (χ0v) is 11.4. The van der Waals surface area contributed by atoms with E-state index in [1.807, 2.05) is 0 Å². The number of carboxylic acid groups (broad SMARTS) is 1. The minimum Gasteiger partial charge on any atom is -0.480 e. The summed E-state index contributed by atoms with van der Waals surface area (Å²) < 4.78 is 26.0. The summed E-state index contributed by atoms with van der Waals surface area (Å²) in [5, 5.41) is 11.4. The van der Waals surface area contributed by atoms with Crippen LogP contribution in [0.3, 0.4) is 0 Å². The van der Waals surface area contributed by atoms with E-state index >= 15 is 0 Å². The van der Waals surface area contributed by atoms with Crippen molar-refractivity contribution in [2.45, 2.75) is 26.3 Å². The first-order valence-electron chi connectivity index (χ1n) is 5.96. The van der Waals surface area contributed by atoms with Gasteiger partial charge in [0.25, 0.3) is 0 Å². The molecule has 0 aliphatic rings. The van der Waals surface area contributed by atoms with E-state index in [1.54, 1.807) is 6.92 Å². The Labute approximate surface area is 115 Å². The molecular formula is C13H16F2N2O3. The number of anilines is 1. The van der Waals surface area contributed by atoms with Gasteiger partial charge in [-0.3, -0.25) is 0 Å². The molecule has 5 nitrogen and oxygen atoms in total. The molecule has 20 heavy (non-hydrogen) atoms. The Morgan fingerprint density at radius 3 is 2.15 bits per heavy atom. The van der Waals surface area contributed by atoms with E-state index in [2.05, 4.69) is 5.32 Å². The Morgan fingerprint density at radius 2 is 1.75 bits per heavy atom. The molecule has 0 aliphatic carbocycles. The summed E-state index contributed by atoms with van der Waals surface area (Å²) in [5.41, 5.74) is -1.52. The number of amides is 2. The van der Waals surface area contributed by atoms with Gasteiger partial charge in [-0.15, -0.1) is 0 Å². The van der Waals surface area contributed by atoms with E-state index in [9.17, 15) is 18.4 Å². The van der Waals surface area contributed by atoms with Gasteiger partial charge in [0, 0.05) is 18.3 Å². The Morgan fingerprint density at radius 1 is 1.25 bits per heavy atom. The Bertz CT molecular complexity index is 512. The molecule has 2 amide bonds. The van der Waals surface area contributed by atoms with Gasteiger partial charge in [0.05, 0.1) is 0 Å². The maximum Gasteiger partial charge on any atom is 0.329 e. The van der Waals surface area contributed by atoms with Crippen LogP contribution in [-0.2, 0) is 4.79 Å². The number of aliphatic carboxylic acids is 1. The third-order valence-electron chi connectivity index (χ3n) is 2.87. The van der Waals surface area contributed by atoms with E-state index in [0.29, 0.717) is 6.07 Å². The predicted molar refractivity (Wildman–Crippen MR) is 69.5 cm³/mol. The fraction of sp³-hybridized carbons (Fsp3) is 0.385. The molecule has 0 aromatic heterocycles. The lowest BCUT2D eigenvalue weighted by Gasteiger charge is -2.34. The first-order chi connectivity index (χ1) is 9.18. The normalized spacial score (nSPS) is 11.1. The van der Waals surface area contributed by atoms with Crippen LogP contribution in [0.15, 0.2) is 18.2 Å². The van der Waals surface area contributed by atoms with E-state index < -0.39 is 29.2 Å². The minimum absolute atomic E-state index is 0.0767. The maximum atomic E-state index is 13.0. The molecular weight excluding hydrogens is 270 g/mol. The standard InChI is InChI=1S/C13H16F2N2O3/c1-4-17(13(2,3)11(18)19)12(20)16-10-6-8(14)5-9(15)7-10/h5-7H,4H2,1-3H3,(H,16,20)(H,18,19). The highest BCUT2D eigenvalue weighted by Gasteiger charge is 2.37. The lowest BCUT2D eigenvalue weighted by Crippen LogP contribution is -2.54. The fourth-order valence-corrected chi connectivity index (χ4v) is 1.73. The molecule has 1 aromatic rings. The number of carboxylic acids is 1. The second-order valence-corrected chi connectivity index (χ2v) is 4.70. The molecule has 0 saturated carbocycles. The van der Waals surface area contributed by atoms with E-state index in [0.717, 1.165) is 17.0 Å². The van der Waals surface area contributed by atoms with Gasteiger partial charge in [-0.25, -0.2) is 18.4 Å². The monoisotopic (exact) mass is 286 g/mol. The summed E-state index contributed by atoms with van der Waals surface area (Å²) >= 11 is 0. The van der Waals surface area contributed by atoms with Crippen molar-refractivity contribution in [1.82, 2.24) is 4.90 Å². The second-order valence-electron chi connectivity index (χ2n) is 4.70. The Balaban J connectivity index is 2.96. The zero-order valence-electron chi connectivity index (χ0n) is 11.4. The highest BCUT2D eigenvalue weighted by molar-refractivity contribution is 5.93. The quantitative estimate of drug-likeness (QED) is 0.894. The number of carbonyl (C=O) groups is 2. The molecule has 0 aliphatic heterocycles. The number of likely N-dealkylation sites (N-methyl/N-ethyl adjacent to an activating group) is 1. The van der Waals surface area contributed by atoms with Crippen LogP contribution < -0.4 is 5.32 Å². The van der Waals surface area contributed by atoms with Crippen molar-refractivity contribution in [2.75, 3.05) is 11.9 Å². The SMILES string of the molecule is CCN(C(=O)Nc1cc(F)cc(F)c1)C(C)(C)C(=O)O. The maximum absolute atomic E-state index is 13.0. The van der Waals surface area contributed by atoms with Crippen LogP contribution in [0.1, 0.15) is 20.8 Å². The number of nitrogens with zero attached hydrogens (tertiary/aromatic N) is 1. The molecule has 0 heterocycles. The van der Waals surface area contributed by atoms with Crippen LogP contribution in [0, 0.1) is 11.6 Å². The van der Waals surface area contributed by atoms with Gasteiger partial charge in [-0.2, -0.15) is 0 Å². The number of benzene rings is 1. The van der Waals surface area contributed by atoms with Crippen LogP contribution in [0.5, 0.6) is 0 Å². The van der Waals surface area contributed by atoms with Crippen LogP contribution in [0.4, 0.5) is 19.3 Å². The molecule has 0 spiro atoms. The minimum atomic E-state index is -1.44. The Kier molecular flexibility index (Phi) is 4.65. The lowest BCUT2D eigenvalue weighted by molar-refractivity contribution is -0.147. The van der Waals surface area contributed by atoms with Gasteiger partial charge < -0.3 is 15.3 Å². The van der Waals surface area contributed by atoms with Gasteiger partial charge in [0.2, 0.25) is 0 Å². The topological polar surface area (TPSA) is 69.6 Å². The van der Waals surface area contributed by atoms with Crippen LogP contribution in [0.2, 0.25) is 0 Å². The van der Waals surface area contributed by atoms with Gasteiger partial charge in [0.15, 0.2) is 0 Å². The number of rotatable bonds is 4. The summed E-state index contributed by atoms with van der Waals surface area (Å²) in [7, 11) is 0. The second kappa shape index (κ2) is 5.85. The van der Waals surface area contributed by atoms with E-state index in [-0.39, 0.29) is 12.2 Å². The molecule has 2 N–H and O–H groups in total. The van der Waals surface area contributed by atoms with Crippen molar-refractivity contribution in [3.05, 3.63) is 29.8 Å². The first-order valence-corrected chi connectivity index (χ1v) is 5.96. The predicted octanol–water partition coefficient (Wildman–Crippen LogP) is 2.68. The highest BCUT2D eigenvalue weighted by atomic mass is 19.1. The van der Waals surface area contributed by atoms with Crippen LogP contribution in [0.25, 0.3) is 0 Å². The summed E-state index contributed by atoms with van der Waals surface area (Å²) in [6.07, 6.45) is 0. The van der Waals surface area contributed by atoms with Gasteiger partial charge >= 0.3 is 12.0 Å². The molecule has 0 bridgehead atoms. The smallest absolute Gasteiger partial charge is 0.329 e. The molecule has 1 rings (SSSR count). The average molecular weight is 286 g/mol. The first kappa shape index (κ1) is 15.9. The van der Waals surface area contributed by atoms with Crippen LogP contribution >= 0.6 is 0 Å². The Hall–Kier alpha value is -2.18. The largest absolute Gasteiger partial charge is 0.480 e. The number of halogens is 2. The van der Waals surface area contributed by atoms with E-state index in [4.69, 9.17) is 5.11 Å². The molecule has 0 atom stereocenters. The van der Waals surface area contributed by atoms with Crippen molar-refractivity contribution in [3.8, 4) is 0 Å². The van der Waals surface area contributed by atoms with Crippen molar-refractivity contribution >= 4 is 17.7 Å². The molecule has 0 unspecified atom stereocenters. The molecule has 110 valence electrons. The molecule has 0 saturated heterocycles. The van der Waals surface area contributed by atoms with E-state index in [1.165, 1.54) is 13.8 Å². The van der Waals surface area contributed by atoms with Crippen molar-refractivity contribution in [3.63, 3.8) is 0 Å². The summed E-state index contributed by atoms with van der Waals surface area (Å²) in [6.45, 7) is 4.47. The van der Waals surface area contributed by atoms with Crippen molar-refractivity contribution in [2.24, 2.45) is 0 Å². The molecule has 0 fully saturated rings. The summed E-state index contributed by atoms with van der Waals surface area (Å²) in [4.78, 5) is 24.2. The van der Waals surface area contributed by atoms with Gasteiger partial charge in [0.1, 0.15) is 17.2 Å². The fourth-order valence-electron chi connectivity index (χ4n) is 1.73. The average Bonchev–Trinajstić information content (AvgIpc) is 2.27. The number of urea groups is 1.